The van der Waals surface area contributed by atoms with Crippen molar-refractivity contribution in [3.05, 3.63) is 11.7 Å². The Hall–Kier alpha value is -0.980. The summed E-state index contributed by atoms with van der Waals surface area (Å²) in [6.07, 6.45) is 7.35. The molecule has 2 fully saturated rings. The van der Waals surface area contributed by atoms with Crippen LogP contribution in [0.25, 0.3) is 0 Å². The Morgan fingerprint density at radius 1 is 1.29 bits per heavy atom. The maximum absolute atomic E-state index is 6.04. The highest BCUT2D eigenvalue weighted by atomic mass is 16.5. The second kappa shape index (κ2) is 6.85. The van der Waals surface area contributed by atoms with E-state index in [9.17, 15) is 0 Å². The molecule has 1 aromatic rings. The van der Waals surface area contributed by atoms with Crippen LogP contribution in [0.1, 0.15) is 56.8 Å². The van der Waals surface area contributed by atoms with Crippen LogP contribution in [0.15, 0.2) is 4.52 Å². The summed E-state index contributed by atoms with van der Waals surface area (Å²) < 4.78 is 16.5. The molecule has 1 aromatic heterocycles. The molecule has 2 saturated carbocycles. The van der Waals surface area contributed by atoms with Crippen LogP contribution in [-0.4, -0.2) is 35.6 Å². The van der Waals surface area contributed by atoms with Crippen LogP contribution in [0.5, 0.6) is 0 Å². The van der Waals surface area contributed by atoms with E-state index < -0.39 is 0 Å². The SMILES string of the molecule is CCOC1CC(Cc2nc(C(N)COC3CCC3)no2)C1. The van der Waals surface area contributed by atoms with E-state index in [0.717, 1.165) is 38.7 Å². The van der Waals surface area contributed by atoms with E-state index in [1.807, 2.05) is 6.92 Å². The summed E-state index contributed by atoms with van der Waals surface area (Å²) in [6, 6.07) is -0.291. The van der Waals surface area contributed by atoms with Crippen molar-refractivity contribution in [2.24, 2.45) is 11.7 Å². The molecular formula is C15H25N3O3. The first-order valence-electron chi connectivity index (χ1n) is 8.05. The molecule has 2 aliphatic rings. The van der Waals surface area contributed by atoms with Crippen molar-refractivity contribution in [1.82, 2.24) is 10.1 Å². The summed E-state index contributed by atoms with van der Waals surface area (Å²) in [5.74, 6) is 1.84. The number of aromatic nitrogens is 2. The summed E-state index contributed by atoms with van der Waals surface area (Å²) >= 11 is 0. The first-order valence-corrected chi connectivity index (χ1v) is 8.05. The number of hydrogen-bond acceptors (Lipinski definition) is 6. The summed E-state index contributed by atoms with van der Waals surface area (Å²) in [6.45, 7) is 3.29. The first-order chi connectivity index (χ1) is 10.2. The van der Waals surface area contributed by atoms with Crippen molar-refractivity contribution in [1.29, 1.82) is 0 Å². The van der Waals surface area contributed by atoms with Crippen molar-refractivity contribution in [2.75, 3.05) is 13.2 Å². The van der Waals surface area contributed by atoms with Gasteiger partial charge in [0, 0.05) is 13.0 Å². The maximum atomic E-state index is 6.04. The van der Waals surface area contributed by atoms with Gasteiger partial charge in [-0.25, -0.2) is 0 Å². The molecule has 0 bridgehead atoms. The molecule has 0 aliphatic heterocycles. The van der Waals surface area contributed by atoms with Crippen LogP contribution >= 0.6 is 0 Å². The predicted molar refractivity (Wildman–Crippen MR) is 76.7 cm³/mol. The van der Waals surface area contributed by atoms with E-state index in [4.69, 9.17) is 19.7 Å². The van der Waals surface area contributed by atoms with Crippen LogP contribution in [0.2, 0.25) is 0 Å². The molecule has 0 spiro atoms. The molecule has 118 valence electrons. The molecule has 2 aliphatic carbocycles. The summed E-state index contributed by atoms with van der Waals surface area (Å²) in [4.78, 5) is 4.40. The van der Waals surface area contributed by atoms with Gasteiger partial charge in [0.1, 0.15) is 0 Å². The molecule has 1 atom stereocenters. The van der Waals surface area contributed by atoms with Crippen molar-refractivity contribution in [3.8, 4) is 0 Å². The minimum Gasteiger partial charge on any atom is -0.378 e. The fourth-order valence-electron chi connectivity index (χ4n) is 2.81. The average Bonchev–Trinajstić information content (AvgIpc) is 2.83. The minimum atomic E-state index is -0.291. The summed E-state index contributed by atoms with van der Waals surface area (Å²) in [5.41, 5.74) is 6.04. The van der Waals surface area contributed by atoms with Gasteiger partial charge in [-0.3, -0.25) is 0 Å². The lowest BCUT2D eigenvalue weighted by molar-refractivity contribution is -0.0258. The number of rotatable bonds is 8. The van der Waals surface area contributed by atoms with Gasteiger partial charge in [0.15, 0.2) is 5.82 Å². The molecule has 0 aromatic carbocycles. The fraction of sp³-hybridized carbons (Fsp3) is 0.867. The van der Waals surface area contributed by atoms with E-state index in [1.54, 1.807) is 0 Å². The second-order valence-electron chi connectivity index (χ2n) is 6.16. The van der Waals surface area contributed by atoms with Gasteiger partial charge in [0.25, 0.3) is 0 Å². The normalized spacial score (nSPS) is 27.1. The molecule has 0 saturated heterocycles. The van der Waals surface area contributed by atoms with E-state index in [0.29, 0.717) is 36.4 Å². The number of nitrogens with two attached hydrogens (primary N) is 1. The molecule has 1 unspecified atom stereocenters. The molecule has 0 radical (unpaired) electrons. The second-order valence-corrected chi connectivity index (χ2v) is 6.16. The molecule has 6 heteroatoms. The number of nitrogens with zero attached hydrogens (tertiary/aromatic N) is 2. The van der Waals surface area contributed by atoms with E-state index in [1.165, 1.54) is 6.42 Å². The standard InChI is InChI=1S/C15H25N3O3/c1-2-19-12-6-10(7-12)8-14-17-15(18-21-14)13(16)9-20-11-4-3-5-11/h10-13H,2-9,16H2,1H3. The quantitative estimate of drug-likeness (QED) is 0.789. The Kier molecular flexibility index (Phi) is 4.87. The molecule has 6 nitrogen and oxygen atoms in total. The minimum absolute atomic E-state index is 0.291. The largest absolute Gasteiger partial charge is 0.378 e. The lowest BCUT2D eigenvalue weighted by Gasteiger charge is -2.33. The first kappa shape index (κ1) is 14.9. The Morgan fingerprint density at radius 2 is 2.10 bits per heavy atom. The van der Waals surface area contributed by atoms with Gasteiger partial charge in [-0.1, -0.05) is 5.16 Å². The highest BCUT2D eigenvalue weighted by molar-refractivity contribution is 4.96. The molecule has 2 N–H and O–H groups in total. The third-order valence-corrected chi connectivity index (χ3v) is 4.44. The lowest BCUT2D eigenvalue weighted by Crippen LogP contribution is -2.32. The topological polar surface area (TPSA) is 83.4 Å². The highest BCUT2D eigenvalue weighted by Gasteiger charge is 2.31. The third kappa shape index (κ3) is 3.81. The monoisotopic (exact) mass is 295 g/mol. The Labute approximate surface area is 125 Å². The Bertz CT molecular complexity index is 441. The fourth-order valence-corrected chi connectivity index (χ4v) is 2.81. The lowest BCUT2D eigenvalue weighted by atomic mass is 9.80. The molecule has 0 amide bonds. The van der Waals surface area contributed by atoms with Crippen molar-refractivity contribution < 1.29 is 14.0 Å². The third-order valence-electron chi connectivity index (χ3n) is 4.44. The molecule has 3 rings (SSSR count). The maximum Gasteiger partial charge on any atom is 0.226 e. The summed E-state index contributed by atoms with van der Waals surface area (Å²) in [7, 11) is 0. The van der Waals surface area contributed by atoms with Crippen LogP contribution in [0.4, 0.5) is 0 Å². The van der Waals surface area contributed by atoms with Crippen molar-refractivity contribution in [2.45, 2.75) is 63.7 Å². The van der Waals surface area contributed by atoms with Gasteiger partial charge in [0.2, 0.25) is 5.89 Å². The van der Waals surface area contributed by atoms with Crippen LogP contribution in [0.3, 0.4) is 0 Å². The zero-order chi connectivity index (χ0) is 14.7. The molecule has 21 heavy (non-hydrogen) atoms. The molecular weight excluding hydrogens is 270 g/mol. The summed E-state index contributed by atoms with van der Waals surface area (Å²) in [5, 5.41) is 3.98. The Balaban J connectivity index is 1.40. The van der Waals surface area contributed by atoms with Gasteiger partial charge >= 0.3 is 0 Å². The van der Waals surface area contributed by atoms with E-state index in [2.05, 4.69) is 10.1 Å². The Morgan fingerprint density at radius 3 is 2.76 bits per heavy atom. The highest BCUT2D eigenvalue weighted by Crippen LogP contribution is 2.32. The molecule has 1 heterocycles. The zero-order valence-corrected chi connectivity index (χ0v) is 12.7. The van der Waals surface area contributed by atoms with Gasteiger partial charge in [-0.2, -0.15) is 4.98 Å². The van der Waals surface area contributed by atoms with Crippen LogP contribution in [-0.2, 0) is 15.9 Å². The van der Waals surface area contributed by atoms with Crippen LogP contribution in [0, 0.1) is 5.92 Å². The van der Waals surface area contributed by atoms with Gasteiger partial charge in [-0.15, -0.1) is 0 Å². The number of hydrogen-bond donors (Lipinski definition) is 1. The van der Waals surface area contributed by atoms with E-state index >= 15 is 0 Å². The van der Waals surface area contributed by atoms with Gasteiger partial charge in [0.05, 0.1) is 24.9 Å². The number of ether oxygens (including phenoxy) is 2. The van der Waals surface area contributed by atoms with E-state index in [-0.39, 0.29) is 6.04 Å². The smallest absolute Gasteiger partial charge is 0.226 e. The van der Waals surface area contributed by atoms with Crippen molar-refractivity contribution >= 4 is 0 Å². The average molecular weight is 295 g/mol. The zero-order valence-electron chi connectivity index (χ0n) is 12.7. The van der Waals surface area contributed by atoms with Crippen LogP contribution < -0.4 is 5.73 Å². The predicted octanol–water partition coefficient (Wildman–Crippen LogP) is 2.00. The van der Waals surface area contributed by atoms with Gasteiger partial charge < -0.3 is 19.7 Å². The van der Waals surface area contributed by atoms with Crippen molar-refractivity contribution in [3.63, 3.8) is 0 Å². The van der Waals surface area contributed by atoms with Gasteiger partial charge in [-0.05, 0) is 44.9 Å².